The van der Waals surface area contributed by atoms with E-state index in [4.69, 9.17) is 10.9 Å². The van der Waals surface area contributed by atoms with Crippen LogP contribution in [-0.4, -0.2) is 34.8 Å². The second-order valence-electron chi connectivity index (χ2n) is 6.25. The van der Waals surface area contributed by atoms with Gasteiger partial charge < -0.3 is 21.4 Å². The number of hydrogen-bond acceptors (Lipinski definition) is 4. The molecule has 1 atom stereocenters. The van der Waals surface area contributed by atoms with E-state index in [9.17, 15) is 5.11 Å². The summed E-state index contributed by atoms with van der Waals surface area (Å²) in [6.45, 7) is 9.40. The minimum atomic E-state index is -0.609. The van der Waals surface area contributed by atoms with Gasteiger partial charge in [-0.25, -0.2) is 0 Å². The van der Waals surface area contributed by atoms with Gasteiger partial charge in [-0.1, -0.05) is 38.8 Å². The van der Waals surface area contributed by atoms with E-state index in [0.717, 1.165) is 38.6 Å². The summed E-state index contributed by atoms with van der Waals surface area (Å²) in [6.07, 6.45) is 4.71. The number of aliphatic hydroxyl groups is 1. The normalized spacial score (nSPS) is 16.4. The van der Waals surface area contributed by atoms with Crippen LogP contribution in [0, 0.1) is 5.41 Å². The van der Waals surface area contributed by atoms with Crippen molar-refractivity contribution in [2.24, 2.45) is 16.3 Å². The molecule has 1 unspecified atom stereocenters. The van der Waals surface area contributed by atoms with Crippen molar-refractivity contribution in [1.82, 2.24) is 5.32 Å². The molecule has 0 aromatic carbocycles. The summed E-state index contributed by atoms with van der Waals surface area (Å²) < 4.78 is 0. The number of rotatable bonds is 10. The van der Waals surface area contributed by atoms with Gasteiger partial charge in [-0.15, -0.1) is 0 Å². The molecule has 0 aromatic heterocycles. The molecule has 0 amide bonds. The highest BCUT2D eigenvalue weighted by Gasteiger charge is 2.23. The predicted molar refractivity (Wildman–Crippen MR) is 79.4 cm³/mol. The Hall–Kier alpha value is -0.810. The number of hydrogen-bond donors (Lipinski definition) is 4. The first-order chi connectivity index (χ1) is 8.75. The Labute approximate surface area is 117 Å². The van der Waals surface area contributed by atoms with E-state index in [1.54, 1.807) is 0 Å². The smallest absolute Gasteiger partial charge is 0.144 e. The molecule has 114 valence electrons. The van der Waals surface area contributed by atoms with E-state index in [1.165, 1.54) is 0 Å². The van der Waals surface area contributed by atoms with Crippen LogP contribution in [0.25, 0.3) is 0 Å². The molecule has 0 aliphatic heterocycles. The summed E-state index contributed by atoms with van der Waals surface area (Å²) in [5.74, 6) is 0.284. The zero-order valence-electron chi connectivity index (χ0n) is 12.9. The van der Waals surface area contributed by atoms with E-state index in [0.29, 0.717) is 6.54 Å². The molecule has 0 heterocycles. The third kappa shape index (κ3) is 8.06. The maximum Gasteiger partial charge on any atom is 0.144 e. The number of amidine groups is 1. The van der Waals surface area contributed by atoms with Gasteiger partial charge in [0.25, 0.3) is 0 Å². The molecule has 19 heavy (non-hydrogen) atoms. The van der Waals surface area contributed by atoms with Crippen molar-refractivity contribution < 1.29 is 10.3 Å². The second kappa shape index (κ2) is 8.38. The Balaban J connectivity index is 3.72. The number of nitrogens with zero attached hydrogens (tertiary/aromatic N) is 1. The van der Waals surface area contributed by atoms with Gasteiger partial charge in [0.2, 0.25) is 0 Å². The van der Waals surface area contributed by atoms with Gasteiger partial charge in [-0.05, 0) is 32.7 Å². The van der Waals surface area contributed by atoms with Crippen LogP contribution >= 0.6 is 0 Å². The second-order valence-corrected chi connectivity index (χ2v) is 6.25. The van der Waals surface area contributed by atoms with Crippen LogP contribution in [0.15, 0.2) is 5.16 Å². The summed E-state index contributed by atoms with van der Waals surface area (Å²) in [6, 6.07) is 0. The van der Waals surface area contributed by atoms with Crippen LogP contribution in [0.3, 0.4) is 0 Å². The largest absolute Gasteiger partial charge is 0.409 e. The van der Waals surface area contributed by atoms with E-state index < -0.39 is 5.60 Å². The highest BCUT2D eigenvalue weighted by atomic mass is 16.4. The summed E-state index contributed by atoms with van der Waals surface area (Å²) in [5, 5.41) is 25.0. The molecule has 0 aliphatic rings. The molecule has 0 aromatic rings. The number of unbranched alkanes of at least 4 members (excludes halogenated alkanes) is 1. The van der Waals surface area contributed by atoms with Crippen molar-refractivity contribution in [2.75, 3.05) is 13.1 Å². The van der Waals surface area contributed by atoms with Crippen molar-refractivity contribution in [3.63, 3.8) is 0 Å². The topological polar surface area (TPSA) is 90.9 Å². The summed E-state index contributed by atoms with van der Waals surface area (Å²) in [5.41, 5.74) is 4.76. The minimum Gasteiger partial charge on any atom is -0.409 e. The molecule has 0 saturated heterocycles. The van der Waals surface area contributed by atoms with Crippen molar-refractivity contribution in [3.05, 3.63) is 0 Å². The van der Waals surface area contributed by atoms with E-state index in [1.807, 2.05) is 20.8 Å². The number of oxime groups is 1. The Kier molecular flexibility index (Phi) is 8.02. The molecule has 0 radical (unpaired) electrons. The van der Waals surface area contributed by atoms with E-state index in [2.05, 4.69) is 17.4 Å². The minimum absolute atomic E-state index is 0.261. The molecule has 0 bridgehead atoms. The highest BCUT2D eigenvalue weighted by molar-refractivity contribution is 5.85. The van der Waals surface area contributed by atoms with E-state index >= 15 is 0 Å². The van der Waals surface area contributed by atoms with Crippen molar-refractivity contribution in [3.8, 4) is 0 Å². The molecule has 5 nitrogen and oxygen atoms in total. The van der Waals surface area contributed by atoms with Crippen LogP contribution in [0.2, 0.25) is 0 Å². The van der Waals surface area contributed by atoms with E-state index in [-0.39, 0.29) is 11.3 Å². The van der Waals surface area contributed by atoms with Gasteiger partial charge in [0.1, 0.15) is 5.84 Å². The van der Waals surface area contributed by atoms with Crippen LogP contribution in [0.4, 0.5) is 0 Å². The fourth-order valence-electron chi connectivity index (χ4n) is 2.07. The van der Waals surface area contributed by atoms with Gasteiger partial charge in [0.15, 0.2) is 0 Å². The lowest BCUT2D eigenvalue weighted by Gasteiger charge is -2.24. The predicted octanol–water partition coefficient (Wildman–Crippen LogP) is 2.07. The van der Waals surface area contributed by atoms with Crippen molar-refractivity contribution >= 4 is 5.84 Å². The van der Waals surface area contributed by atoms with Crippen molar-refractivity contribution in [2.45, 2.75) is 65.4 Å². The zero-order valence-corrected chi connectivity index (χ0v) is 12.9. The molecule has 0 fully saturated rings. The molecule has 0 rings (SSSR count). The maximum atomic E-state index is 9.98. The molecule has 0 aliphatic carbocycles. The molecule has 5 N–H and O–H groups in total. The van der Waals surface area contributed by atoms with Crippen LogP contribution in [0.1, 0.15) is 59.8 Å². The molecular weight excluding hydrogens is 242 g/mol. The standard InChI is InChI=1S/C14H31N3O2/c1-5-8-14(4,18)11-16-10-7-6-9-13(2,3)12(15)17-19/h16,18-19H,5-11H2,1-4H3,(H2,15,17). The lowest BCUT2D eigenvalue weighted by Crippen LogP contribution is -2.38. The highest BCUT2D eigenvalue weighted by Crippen LogP contribution is 2.23. The fraction of sp³-hybridized carbons (Fsp3) is 0.929. The molecule has 5 heteroatoms. The zero-order chi connectivity index (χ0) is 14.9. The Morgan fingerprint density at radius 1 is 1.21 bits per heavy atom. The van der Waals surface area contributed by atoms with Crippen LogP contribution in [-0.2, 0) is 0 Å². The Morgan fingerprint density at radius 3 is 2.37 bits per heavy atom. The van der Waals surface area contributed by atoms with Crippen LogP contribution < -0.4 is 11.1 Å². The molecular formula is C14H31N3O2. The number of nitrogens with two attached hydrogens (primary N) is 1. The average molecular weight is 273 g/mol. The first-order valence-electron chi connectivity index (χ1n) is 7.16. The maximum absolute atomic E-state index is 9.98. The first kappa shape index (κ1) is 18.2. The van der Waals surface area contributed by atoms with Gasteiger partial charge in [0, 0.05) is 12.0 Å². The van der Waals surface area contributed by atoms with Gasteiger partial charge >= 0.3 is 0 Å². The lowest BCUT2D eigenvalue weighted by molar-refractivity contribution is 0.0501. The summed E-state index contributed by atoms with van der Waals surface area (Å²) >= 11 is 0. The Morgan fingerprint density at radius 2 is 1.84 bits per heavy atom. The van der Waals surface area contributed by atoms with Crippen molar-refractivity contribution in [1.29, 1.82) is 0 Å². The first-order valence-corrected chi connectivity index (χ1v) is 7.16. The lowest BCUT2D eigenvalue weighted by atomic mass is 9.86. The summed E-state index contributed by atoms with van der Waals surface area (Å²) in [4.78, 5) is 0. The third-order valence-corrected chi connectivity index (χ3v) is 3.50. The quantitative estimate of drug-likeness (QED) is 0.161. The SMILES string of the molecule is CCCC(C)(O)CNCCCCC(C)(C)C(N)=NO. The monoisotopic (exact) mass is 273 g/mol. The summed E-state index contributed by atoms with van der Waals surface area (Å²) in [7, 11) is 0. The van der Waals surface area contributed by atoms with Crippen LogP contribution in [0.5, 0.6) is 0 Å². The fourth-order valence-corrected chi connectivity index (χ4v) is 2.07. The van der Waals surface area contributed by atoms with Gasteiger partial charge in [0.05, 0.1) is 5.60 Å². The van der Waals surface area contributed by atoms with Gasteiger partial charge in [-0.2, -0.15) is 0 Å². The molecule has 0 spiro atoms. The third-order valence-electron chi connectivity index (χ3n) is 3.50. The average Bonchev–Trinajstić information content (AvgIpc) is 2.32. The Bertz CT molecular complexity index is 276. The van der Waals surface area contributed by atoms with Gasteiger partial charge in [-0.3, -0.25) is 0 Å². The number of nitrogens with one attached hydrogen (secondary N) is 1. The molecule has 0 saturated carbocycles.